The summed E-state index contributed by atoms with van der Waals surface area (Å²) in [4.78, 5) is 14.7. The molecule has 1 aromatic heterocycles. The molecule has 0 saturated heterocycles. The molecule has 0 aliphatic carbocycles. The highest BCUT2D eigenvalue weighted by molar-refractivity contribution is 6.28. The van der Waals surface area contributed by atoms with Crippen molar-refractivity contribution in [2.24, 2.45) is 5.92 Å². The van der Waals surface area contributed by atoms with Crippen LogP contribution in [0.4, 0.5) is 11.6 Å². The third-order valence-corrected chi connectivity index (χ3v) is 3.60. The lowest BCUT2D eigenvalue weighted by atomic mass is 9.94. The SMILES string of the molecule is CCOc1nc(Cl)nc(N2CC(C)Cc3ccccc32)n1. The van der Waals surface area contributed by atoms with Crippen molar-refractivity contribution in [2.75, 3.05) is 18.1 Å². The zero-order valence-electron chi connectivity index (χ0n) is 12.1. The molecule has 1 aliphatic rings. The highest BCUT2D eigenvalue weighted by atomic mass is 35.5. The van der Waals surface area contributed by atoms with Gasteiger partial charge >= 0.3 is 6.01 Å². The van der Waals surface area contributed by atoms with Gasteiger partial charge in [-0.3, -0.25) is 0 Å². The van der Waals surface area contributed by atoms with Gasteiger partial charge in [-0.15, -0.1) is 0 Å². The minimum Gasteiger partial charge on any atom is -0.464 e. The van der Waals surface area contributed by atoms with Crippen molar-refractivity contribution in [3.8, 4) is 6.01 Å². The van der Waals surface area contributed by atoms with Crippen molar-refractivity contribution in [1.29, 1.82) is 0 Å². The second kappa shape index (κ2) is 5.85. The van der Waals surface area contributed by atoms with Crippen LogP contribution in [0.2, 0.25) is 5.28 Å². The van der Waals surface area contributed by atoms with E-state index < -0.39 is 0 Å². The fourth-order valence-electron chi connectivity index (χ4n) is 2.62. The number of para-hydroxylation sites is 1. The number of benzene rings is 1. The van der Waals surface area contributed by atoms with E-state index in [0.717, 1.165) is 18.7 Å². The largest absolute Gasteiger partial charge is 0.464 e. The number of hydrogen-bond donors (Lipinski definition) is 0. The average Bonchev–Trinajstić information content (AvgIpc) is 2.46. The molecule has 3 rings (SSSR count). The van der Waals surface area contributed by atoms with E-state index in [1.54, 1.807) is 0 Å². The van der Waals surface area contributed by atoms with E-state index in [1.807, 2.05) is 13.0 Å². The number of nitrogens with zero attached hydrogens (tertiary/aromatic N) is 4. The summed E-state index contributed by atoms with van der Waals surface area (Å²) in [7, 11) is 0. The smallest absolute Gasteiger partial charge is 0.322 e. The van der Waals surface area contributed by atoms with Gasteiger partial charge in [-0.05, 0) is 42.5 Å². The third kappa shape index (κ3) is 2.93. The van der Waals surface area contributed by atoms with Crippen LogP contribution in [0.3, 0.4) is 0 Å². The maximum atomic E-state index is 6.00. The molecular weight excluding hydrogens is 288 g/mol. The van der Waals surface area contributed by atoms with Gasteiger partial charge in [0.1, 0.15) is 0 Å². The standard InChI is InChI=1S/C15H17ClN4O/c1-3-21-15-18-13(16)17-14(19-15)20-9-10(2)8-11-6-4-5-7-12(11)20/h4-7,10H,3,8-9H2,1-2H3. The second-order valence-corrected chi connectivity index (χ2v) is 5.51. The van der Waals surface area contributed by atoms with Gasteiger partial charge in [-0.25, -0.2) is 0 Å². The Morgan fingerprint density at radius 3 is 2.90 bits per heavy atom. The molecule has 5 nitrogen and oxygen atoms in total. The van der Waals surface area contributed by atoms with E-state index in [0.29, 0.717) is 18.5 Å². The highest BCUT2D eigenvalue weighted by Gasteiger charge is 2.25. The molecule has 1 aromatic carbocycles. The summed E-state index contributed by atoms with van der Waals surface area (Å²) in [5.74, 6) is 1.06. The number of hydrogen-bond acceptors (Lipinski definition) is 5. The molecule has 0 bridgehead atoms. The Morgan fingerprint density at radius 1 is 1.29 bits per heavy atom. The minimum atomic E-state index is 0.152. The zero-order chi connectivity index (χ0) is 14.8. The normalized spacial score (nSPS) is 17.5. The number of anilines is 2. The lowest BCUT2D eigenvalue weighted by Gasteiger charge is -2.33. The van der Waals surface area contributed by atoms with E-state index >= 15 is 0 Å². The maximum Gasteiger partial charge on any atom is 0.322 e. The molecule has 0 amide bonds. The zero-order valence-corrected chi connectivity index (χ0v) is 12.8. The van der Waals surface area contributed by atoms with Crippen molar-refractivity contribution < 1.29 is 4.74 Å². The third-order valence-electron chi connectivity index (χ3n) is 3.44. The number of ether oxygens (including phenoxy) is 1. The Labute approximate surface area is 129 Å². The Kier molecular flexibility index (Phi) is 3.92. The summed E-state index contributed by atoms with van der Waals surface area (Å²) in [5, 5.41) is 0.152. The Morgan fingerprint density at radius 2 is 2.10 bits per heavy atom. The summed E-state index contributed by atoms with van der Waals surface area (Å²) >= 11 is 6.00. The predicted molar refractivity (Wildman–Crippen MR) is 82.3 cm³/mol. The van der Waals surface area contributed by atoms with Gasteiger partial charge in [-0.2, -0.15) is 15.0 Å². The van der Waals surface area contributed by atoms with Crippen LogP contribution in [-0.4, -0.2) is 28.1 Å². The molecule has 6 heteroatoms. The quantitative estimate of drug-likeness (QED) is 0.871. The van der Waals surface area contributed by atoms with Crippen molar-refractivity contribution in [2.45, 2.75) is 20.3 Å². The van der Waals surface area contributed by atoms with Crippen LogP contribution in [0.5, 0.6) is 6.01 Å². The molecule has 2 aromatic rings. The molecule has 2 heterocycles. The summed E-state index contributed by atoms with van der Waals surface area (Å²) in [6.45, 7) is 5.44. The van der Waals surface area contributed by atoms with Gasteiger partial charge in [0, 0.05) is 12.2 Å². The van der Waals surface area contributed by atoms with Crippen LogP contribution in [0, 0.1) is 5.92 Å². The van der Waals surface area contributed by atoms with Crippen molar-refractivity contribution in [1.82, 2.24) is 15.0 Å². The molecule has 0 saturated carbocycles. The fraction of sp³-hybridized carbons (Fsp3) is 0.400. The van der Waals surface area contributed by atoms with Crippen LogP contribution >= 0.6 is 11.6 Å². The first-order chi connectivity index (χ1) is 10.2. The molecular formula is C15H17ClN4O. The summed E-state index contributed by atoms with van der Waals surface area (Å²) < 4.78 is 5.36. The lowest BCUT2D eigenvalue weighted by Crippen LogP contribution is -2.31. The molecule has 1 unspecified atom stereocenters. The second-order valence-electron chi connectivity index (χ2n) is 5.17. The monoisotopic (exact) mass is 304 g/mol. The van der Waals surface area contributed by atoms with Gasteiger partial charge in [0.25, 0.3) is 0 Å². The molecule has 1 atom stereocenters. The van der Waals surface area contributed by atoms with E-state index in [9.17, 15) is 0 Å². The molecule has 0 N–H and O–H groups in total. The van der Waals surface area contributed by atoms with Crippen LogP contribution in [0.15, 0.2) is 24.3 Å². The van der Waals surface area contributed by atoms with Crippen LogP contribution in [0.25, 0.3) is 0 Å². The number of rotatable bonds is 3. The van der Waals surface area contributed by atoms with Gasteiger partial charge in [-0.1, -0.05) is 25.1 Å². The van der Waals surface area contributed by atoms with Crippen LogP contribution in [0.1, 0.15) is 19.4 Å². The van der Waals surface area contributed by atoms with Gasteiger partial charge in [0.2, 0.25) is 11.2 Å². The summed E-state index contributed by atoms with van der Waals surface area (Å²) in [6, 6.07) is 8.57. The molecule has 1 aliphatic heterocycles. The van der Waals surface area contributed by atoms with E-state index in [2.05, 4.69) is 45.0 Å². The van der Waals surface area contributed by atoms with Crippen molar-refractivity contribution in [3.63, 3.8) is 0 Å². The highest BCUT2D eigenvalue weighted by Crippen LogP contribution is 2.34. The first-order valence-electron chi connectivity index (χ1n) is 7.07. The number of halogens is 1. The van der Waals surface area contributed by atoms with Gasteiger partial charge in [0.05, 0.1) is 6.61 Å². The molecule has 21 heavy (non-hydrogen) atoms. The Balaban J connectivity index is 2.04. The Hall–Kier alpha value is -1.88. The summed E-state index contributed by atoms with van der Waals surface area (Å²) in [5.41, 5.74) is 2.42. The van der Waals surface area contributed by atoms with Gasteiger partial charge in [0.15, 0.2) is 0 Å². The number of fused-ring (bicyclic) bond motifs is 1. The minimum absolute atomic E-state index is 0.152. The first kappa shape index (κ1) is 14.1. The van der Waals surface area contributed by atoms with Crippen LogP contribution < -0.4 is 9.64 Å². The van der Waals surface area contributed by atoms with Crippen molar-refractivity contribution in [3.05, 3.63) is 35.1 Å². The molecule has 110 valence electrons. The average molecular weight is 305 g/mol. The Bertz CT molecular complexity index is 649. The van der Waals surface area contributed by atoms with Crippen LogP contribution in [-0.2, 0) is 6.42 Å². The first-order valence-corrected chi connectivity index (χ1v) is 7.45. The van der Waals surface area contributed by atoms with Gasteiger partial charge < -0.3 is 9.64 Å². The molecule has 0 fully saturated rings. The lowest BCUT2D eigenvalue weighted by molar-refractivity contribution is 0.311. The molecule has 0 spiro atoms. The maximum absolute atomic E-state index is 6.00. The number of aromatic nitrogens is 3. The molecule has 0 radical (unpaired) electrons. The van der Waals surface area contributed by atoms with E-state index in [4.69, 9.17) is 16.3 Å². The van der Waals surface area contributed by atoms with Crippen molar-refractivity contribution >= 4 is 23.2 Å². The van der Waals surface area contributed by atoms with E-state index in [1.165, 1.54) is 5.56 Å². The summed E-state index contributed by atoms with van der Waals surface area (Å²) in [6.07, 6.45) is 1.06. The predicted octanol–water partition coefficient (Wildman–Crippen LogP) is 3.25. The fourth-order valence-corrected chi connectivity index (χ4v) is 2.77. The van der Waals surface area contributed by atoms with E-state index in [-0.39, 0.29) is 11.3 Å². The topological polar surface area (TPSA) is 51.1 Å².